The molecule has 0 aromatic heterocycles. The molecular weight excluding hydrogens is 288 g/mol. The Kier molecular flexibility index (Phi) is 5.80. The number of hydrogen-bond acceptors (Lipinski definition) is 4. The molecule has 0 saturated heterocycles. The Morgan fingerprint density at radius 3 is 2.26 bits per heavy atom. The molecule has 0 aliphatic heterocycles. The summed E-state index contributed by atoms with van der Waals surface area (Å²) in [5.74, 6) is 0.0270. The van der Waals surface area contributed by atoms with E-state index in [1.54, 1.807) is 24.3 Å². The van der Waals surface area contributed by atoms with Crippen LogP contribution in [0.1, 0.15) is 18.4 Å². The third-order valence-corrected chi connectivity index (χ3v) is 4.58. The van der Waals surface area contributed by atoms with Crippen molar-refractivity contribution < 1.29 is 18.6 Å². The molecule has 0 atom stereocenters. The van der Waals surface area contributed by atoms with Crippen LogP contribution in [-0.4, -0.2) is 43.9 Å². The second kappa shape index (κ2) is 6.70. The first-order valence-corrected chi connectivity index (χ1v) is 8.43. The molecule has 0 unspecified atom stereocenters. The summed E-state index contributed by atoms with van der Waals surface area (Å²) >= 11 is 6.09. The smallest absolute Gasteiger partial charge is 0.147 e. The average molecular weight is 307 g/mol. The van der Waals surface area contributed by atoms with Gasteiger partial charge in [0.05, 0.1) is 13.2 Å². The van der Waals surface area contributed by atoms with Crippen LogP contribution in [0, 0.1) is 0 Å². The number of sulfone groups is 1. The standard InChI is InChI=1S/C13H19ClO4S/c1-19(17,18)8-4-7-13(9-15,10-16)11-5-2-3-6-12(11)14/h2-3,5-6,15-16H,4,7-10H2,1H3. The first-order chi connectivity index (χ1) is 8.84. The SMILES string of the molecule is CS(=O)(=O)CCCC(CO)(CO)c1ccccc1Cl. The maximum atomic E-state index is 11.1. The van der Waals surface area contributed by atoms with E-state index < -0.39 is 15.3 Å². The van der Waals surface area contributed by atoms with Crippen LogP contribution in [0.3, 0.4) is 0 Å². The molecule has 0 radical (unpaired) electrons. The van der Waals surface area contributed by atoms with E-state index in [2.05, 4.69) is 0 Å². The van der Waals surface area contributed by atoms with Crippen molar-refractivity contribution in [3.8, 4) is 0 Å². The fourth-order valence-corrected chi connectivity index (χ4v) is 3.08. The van der Waals surface area contributed by atoms with Crippen LogP contribution >= 0.6 is 11.6 Å². The minimum absolute atomic E-state index is 0.0270. The summed E-state index contributed by atoms with van der Waals surface area (Å²) in [7, 11) is -3.05. The number of hydrogen-bond donors (Lipinski definition) is 2. The zero-order valence-electron chi connectivity index (χ0n) is 10.8. The second-order valence-electron chi connectivity index (χ2n) is 4.81. The molecule has 1 aromatic carbocycles. The van der Waals surface area contributed by atoms with Crippen LogP contribution in [0.25, 0.3) is 0 Å². The first kappa shape index (κ1) is 16.4. The molecule has 0 aliphatic carbocycles. The van der Waals surface area contributed by atoms with Crippen molar-refractivity contribution in [1.82, 2.24) is 0 Å². The summed E-state index contributed by atoms with van der Waals surface area (Å²) in [4.78, 5) is 0. The van der Waals surface area contributed by atoms with Crippen molar-refractivity contribution in [3.63, 3.8) is 0 Å². The van der Waals surface area contributed by atoms with E-state index in [1.807, 2.05) is 0 Å². The predicted octanol–water partition coefficient (Wildman–Crippen LogP) is 1.39. The van der Waals surface area contributed by atoms with Crippen LogP contribution < -0.4 is 0 Å². The number of halogens is 1. The van der Waals surface area contributed by atoms with Gasteiger partial charge in [-0.2, -0.15) is 0 Å². The molecule has 2 N–H and O–H groups in total. The Bertz CT molecular complexity index is 509. The van der Waals surface area contributed by atoms with Crippen molar-refractivity contribution in [2.24, 2.45) is 0 Å². The van der Waals surface area contributed by atoms with Gasteiger partial charge in [-0.05, 0) is 24.5 Å². The maximum absolute atomic E-state index is 11.1. The molecule has 108 valence electrons. The third kappa shape index (κ3) is 4.45. The third-order valence-electron chi connectivity index (χ3n) is 3.22. The molecule has 4 nitrogen and oxygen atoms in total. The van der Waals surface area contributed by atoms with Gasteiger partial charge in [0.25, 0.3) is 0 Å². The molecule has 0 bridgehead atoms. The van der Waals surface area contributed by atoms with Gasteiger partial charge in [0.15, 0.2) is 0 Å². The molecule has 19 heavy (non-hydrogen) atoms. The lowest BCUT2D eigenvalue weighted by Gasteiger charge is -2.31. The largest absolute Gasteiger partial charge is 0.395 e. The highest BCUT2D eigenvalue weighted by atomic mass is 35.5. The number of aliphatic hydroxyl groups is 2. The van der Waals surface area contributed by atoms with Crippen molar-refractivity contribution in [3.05, 3.63) is 34.9 Å². The van der Waals surface area contributed by atoms with Gasteiger partial charge < -0.3 is 10.2 Å². The normalized spacial score (nSPS) is 12.6. The lowest BCUT2D eigenvalue weighted by atomic mass is 9.78. The van der Waals surface area contributed by atoms with Gasteiger partial charge in [-0.3, -0.25) is 0 Å². The van der Waals surface area contributed by atoms with Crippen LogP contribution in [0.15, 0.2) is 24.3 Å². The lowest BCUT2D eigenvalue weighted by molar-refractivity contribution is 0.109. The highest BCUT2D eigenvalue weighted by molar-refractivity contribution is 7.90. The van der Waals surface area contributed by atoms with Gasteiger partial charge in [-0.25, -0.2) is 8.42 Å². The highest BCUT2D eigenvalue weighted by Gasteiger charge is 2.32. The zero-order valence-corrected chi connectivity index (χ0v) is 12.4. The average Bonchev–Trinajstić information content (AvgIpc) is 2.35. The van der Waals surface area contributed by atoms with E-state index >= 15 is 0 Å². The first-order valence-electron chi connectivity index (χ1n) is 5.99. The molecule has 0 spiro atoms. The summed E-state index contributed by atoms with van der Waals surface area (Å²) in [6.45, 7) is -0.562. The quantitative estimate of drug-likeness (QED) is 0.798. The Labute approximate surface area is 119 Å². The van der Waals surface area contributed by atoms with E-state index in [1.165, 1.54) is 6.26 Å². The summed E-state index contributed by atoms with van der Waals surface area (Å²) in [6.07, 6.45) is 1.89. The Hall–Kier alpha value is -0.620. The van der Waals surface area contributed by atoms with E-state index in [-0.39, 0.29) is 19.0 Å². The lowest BCUT2D eigenvalue weighted by Crippen LogP contribution is -2.35. The second-order valence-corrected chi connectivity index (χ2v) is 7.48. The summed E-state index contributed by atoms with van der Waals surface area (Å²) < 4.78 is 22.3. The fourth-order valence-electron chi connectivity index (χ4n) is 2.08. The molecule has 0 fully saturated rings. The van der Waals surface area contributed by atoms with Crippen molar-refractivity contribution in [2.75, 3.05) is 25.2 Å². The molecule has 0 aliphatic rings. The molecule has 0 amide bonds. The van der Waals surface area contributed by atoms with Crippen LogP contribution in [-0.2, 0) is 15.3 Å². The topological polar surface area (TPSA) is 74.6 Å². The molecule has 1 rings (SSSR count). The highest BCUT2D eigenvalue weighted by Crippen LogP contribution is 2.33. The van der Waals surface area contributed by atoms with Crippen molar-refractivity contribution in [2.45, 2.75) is 18.3 Å². The molecule has 1 aromatic rings. The Morgan fingerprint density at radius 2 is 1.79 bits per heavy atom. The maximum Gasteiger partial charge on any atom is 0.147 e. The van der Waals surface area contributed by atoms with Gasteiger partial charge in [0.2, 0.25) is 0 Å². The van der Waals surface area contributed by atoms with Crippen molar-refractivity contribution >= 4 is 21.4 Å². The van der Waals surface area contributed by atoms with Gasteiger partial charge in [0.1, 0.15) is 9.84 Å². The Balaban J connectivity index is 2.95. The van der Waals surface area contributed by atoms with Crippen molar-refractivity contribution in [1.29, 1.82) is 0 Å². The van der Waals surface area contributed by atoms with Gasteiger partial charge in [-0.1, -0.05) is 29.8 Å². The van der Waals surface area contributed by atoms with Crippen LogP contribution in [0.4, 0.5) is 0 Å². The molecular formula is C13H19ClO4S. The minimum atomic E-state index is -3.05. The van der Waals surface area contributed by atoms with Crippen LogP contribution in [0.2, 0.25) is 5.02 Å². The van der Waals surface area contributed by atoms with Gasteiger partial charge >= 0.3 is 0 Å². The Morgan fingerprint density at radius 1 is 1.21 bits per heavy atom. The van der Waals surface area contributed by atoms with E-state index in [0.29, 0.717) is 23.4 Å². The number of aliphatic hydroxyl groups excluding tert-OH is 2. The predicted molar refractivity (Wildman–Crippen MR) is 76.2 cm³/mol. The summed E-state index contributed by atoms with van der Waals surface area (Å²) in [6, 6.07) is 6.97. The molecule has 0 saturated carbocycles. The monoisotopic (exact) mass is 306 g/mol. The number of benzene rings is 1. The zero-order chi connectivity index (χ0) is 14.5. The summed E-state index contributed by atoms with van der Waals surface area (Å²) in [5.41, 5.74) is -0.251. The fraction of sp³-hybridized carbons (Fsp3) is 0.538. The molecule has 6 heteroatoms. The van der Waals surface area contributed by atoms with Gasteiger partial charge in [-0.15, -0.1) is 0 Å². The van der Waals surface area contributed by atoms with Crippen LogP contribution in [0.5, 0.6) is 0 Å². The molecule has 0 heterocycles. The van der Waals surface area contributed by atoms with E-state index in [9.17, 15) is 18.6 Å². The minimum Gasteiger partial charge on any atom is -0.395 e. The number of rotatable bonds is 7. The van der Waals surface area contributed by atoms with Gasteiger partial charge in [0, 0.05) is 22.4 Å². The summed E-state index contributed by atoms with van der Waals surface area (Å²) in [5, 5.41) is 19.7. The van der Waals surface area contributed by atoms with E-state index in [0.717, 1.165) is 0 Å². The van der Waals surface area contributed by atoms with E-state index in [4.69, 9.17) is 11.6 Å².